The Kier molecular flexibility index (Phi) is 6.05. The summed E-state index contributed by atoms with van der Waals surface area (Å²) in [5.74, 6) is 0.190. The largest absolute Gasteiger partial charge is 0.494 e. The Hall–Kier alpha value is -1.55. The Balaban J connectivity index is 1.75. The summed E-state index contributed by atoms with van der Waals surface area (Å²) >= 11 is 0. The summed E-state index contributed by atoms with van der Waals surface area (Å²) in [5, 5.41) is 9.26. The van der Waals surface area contributed by atoms with Crippen LogP contribution in [0.5, 0.6) is 5.75 Å². The van der Waals surface area contributed by atoms with Crippen molar-refractivity contribution < 1.29 is 14.6 Å². The quantitative estimate of drug-likeness (QED) is 0.812. The van der Waals surface area contributed by atoms with Gasteiger partial charge in [-0.1, -0.05) is 39.3 Å². The van der Waals surface area contributed by atoms with Gasteiger partial charge in [0.05, 0.1) is 6.61 Å². The molecule has 1 saturated heterocycles. The molecule has 0 aliphatic carbocycles. The number of ether oxygens (including phenoxy) is 1. The van der Waals surface area contributed by atoms with Gasteiger partial charge in [-0.25, -0.2) is 0 Å². The van der Waals surface area contributed by atoms with Crippen molar-refractivity contribution in [1.29, 1.82) is 0 Å². The van der Waals surface area contributed by atoms with Crippen molar-refractivity contribution in [1.82, 2.24) is 4.90 Å². The van der Waals surface area contributed by atoms with Crippen LogP contribution in [-0.2, 0) is 10.2 Å². The van der Waals surface area contributed by atoms with Crippen molar-refractivity contribution in [2.24, 2.45) is 0 Å². The second-order valence-corrected chi connectivity index (χ2v) is 7.36. The molecule has 23 heavy (non-hydrogen) atoms. The van der Waals surface area contributed by atoms with Gasteiger partial charge in [0, 0.05) is 6.54 Å². The number of carbonyl (C=O) groups is 1. The minimum atomic E-state index is -0.691. The van der Waals surface area contributed by atoms with Crippen molar-refractivity contribution in [2.45, 2.75) is 57.9 Å². The molecule has 1 aromatic carbocycles. The van der Waals surface area contributed by atoms with E-state index in [1.807, 2.05) is 12.1 Å². The van der Waals surface area contributed by atoms with Crippen LogP contribution < -0.4 is 4.74 Å². The van der Waals surface area contributed by atoms with Gasteiger partial charge in [0.1, 0.15) is 11.8 Å². The zero-order valence-electron chi connectivity index (χ0n) is 14.5. The number of rotatable bonds is 6. The van der Waals surface area contributed by atoms with Crippen LogP contribution in [0.1, 0.15) is 52.0 Å². The molecule has 1 unspecified atom stereocenters. The van der Waals surface area contributed by atoms with E-state index in [4.69, 9.17) is 4.74 Å². The van der Waals surface area contributed by atoms with Gasteiger partial charge in [0.15, 0.2) is 0 Å². The fraction of sp³-hybridized carbons (Fsp3) is 0.632. The third kappa shape index (κ3) is 5.24. The van der Waals surface area contributed by atoms with Crippen LogP contribution in [0.2, 0.25) is 0 Å². The maximum atomic E-state index is 11.3. The molecule has 0 amide bonds. The maximum Gasteiger partial charge on any atom is 0.320 e. The molecular weight excluding hydrogens is 290 g/mol. The van der Waals surface area contributed by atoms with E-state index < -0.39 is 5.97 Å². The van der Waals surface area contributed by atoms with Gasteiger partial charge < -0.3 is 9.84 Å². The summed E-state index contributed by atoms with van der Waals surface area (Å²) in [5.41, 5.74) is 1.45. The van der Waals surface area contributed by atoms with E-state index in [9.17, 15) is 9.90 Å². The molecule has 0 saturated carbocycles. The molecule has 1 aliphatic heterocycles. The normalized spacial score (nSPS) is 19.5. The first-order valence-corrected chi connectivity index (χ1v) is 8.58. The molecule has 1 fully saturated rings. The number of benzene rings is 1. The highest BCUT2D eigenvalue weighted by atomic mass is 16.5. The van der Waals surface area contributed by atoms with Crippen LogP contribution in [-0.4, -0.2) is 41.7 Å². The molecule has 1 aromatic rings. The molecule has 0 aromatic heterocycles. The summed E-state index contributed by atoms with van der Waals surface area (Å²) in [7, 11) is 0. The maximum absolute atomic E-state index is 11.3. The van der Waals surface area contributed by atoms with Crippen LogP contribution in [0.4, 0.5) is 0 Å². The molecular formula is C19H29NO3. The summed E-state index contributed by atoms with van der Waals surface area (Å²) in [6.07, 6.45) is 3.73. The fourth-order valence-corrected chi connectivity index (χ4v) is 3.05. The zero-order valence-corrected chi connectivity index (χ0v) is 14.5. The molecule has 1 N–H and O–H groups in total. The van der Waals surface area contributed by atoms with Crippen molar-refractivity contribution in [3.05, 3.63) is 29.8 Å². The van der Waals surface area contributed by atoms with Crippen molar-refractivity contribution in [3.63, 3.8) is 0 Å². The van der Waals surface area contributed by atoms with E-state index in [0.29, 0.717) is 6.61 Å². The number of piperidine rings is 1. The van der Waals surface area contributed by atoms with Gasteiger partial charge >= 0.3 is 5.97 Å². The van der Waals surface area contributed by atoms with Gasteiger partial charge in [-0.2, -0.15) is 0 Å². The minimum Gasteiger partial charge on any atom is -0.494 e. The summed E-state index contributed by atoms with van der Waals surface area (Å²) in [6, 6.07) is 7.94. The smallest absolute Gasteiger partial charge is 0.320 e. The van der Waals surface area contributed by atoms with Gasteiger partial charge in [0.2, 0.25) is 0 Å². The molecule has 1 atom stereocenters. The summed E-state index contributed by atoms with van der Waals surface area (Å²) in [4.78, 5) is 13.3. The monoisotopic (exact) mass is 319 g/mol. The number of nitrogens with zero attached hydrogens (tertiary/aromatic N) is 1. The molecule has 2 rings (SSSR count). The Morgan fingerprint density at radius 2 is 1.96 bits per heavy atom. The zero-order chi connectivity index (χ0) is 16.9. The van der Waals surface area contributed by atoms with Crippen molar-refractivity contribution in [2.75, 3.05) is 19.7 Å². The average molecular weight is 319 g/mol. The lowest BCUT2D eigenvalue weighted by molar-refractivity contribution is -0.144. The highest BCUT2D eigenvalue weighted by Crippen LogP contribution is 2.24. The summed E-state index contributed by atoms with van der Waals surface area (Å²) < 4.78 is 5.79. The fourth-order valence-electron chi connectivity index (χ4n) is 3.05. The second kappa shape index (κ2) is 7.82. The van der Waals surface area contributed by atoms with Crippen molar-refractivity contribution >= 4 is 5.97 Å². The van der Waals surface area contributed by atoms with Crippen LogP contribution in [0.15, 0.2) is 24.3 Å². The Labute approximate surface area is 139 Å². The SMILES string of the molecule is CC(C)(C)c1ccc(OCCCN2CCCCC2C(=O)O)cc1. The number of likely N-dealkylation sites (tertiary alicyclic amines) is 1. The van der Waals surface area contributed by atoms with E-state index in [1.54, 1.807) is 0 Å². The van der Waals surface area contributed by atoms with E-state index in [2.05, 4.69) is 37.8 Å². The average Bonchev–Trinajstić information content (AvgIpc) is 2.51. The Morgan fingerprint density at radius 3 is 2.57 bits per heavy atom. The molecule has 0 bridgehead atoms. The van der Waals surface area contributed by atoms with Gasteiger partial charge in [0.25, 0.3) is 0 Å². The predicted octanol–water partition coefficient (Wildman–Crippen LogP) is 3.69. The lowest BCUT2D eigenvalue weighted by Crippen LogP contribution is -2.45. The first kappa shape index (κ1) is 17.8. The number of hydrogen-bond acceptors (Lipinski definition) is 3. The summed E-state index contributed by atoms with van der Waals surface area (Å²) in [6.45, 7) is 8.88. The molecule has 1 heterocycles. The first-order chi connectivity index (χ1) is 10.9. The van der Waals surface area contributed by atoms with Gasteiger partial charge in [-0.05, 0) is 48.9 Å². The lowest BCUT2D eigenvalue weighted by Gasteiger charge is -2.32. The molecule has 4 nitrogen and oxygen atoms in total. The highest BCUT2D eigenvalue weighted by molar-refractivity contribution is 5.73. The van der Waals surface area contributed by atoms with Crippen LogP contribution >= 0.6 is 0 Å². The number of carboxylic acid groups (broad SMARTS) is 1. The molecule has 128 valence electrons. The van der Waals surface area contributed by atoms with E-state index >= 15 is 0 Å². The standard InChI is InChI=1S/C19H29NO3/c1-19(2,3)15-8-10-16(11-9-15)23-14-6-13-20-12-5-4-7-17(20)18(21)22/h8-11,17H,4-7,12-14H2,1-3H3,(H,21,22). The lowest BCUT2D eigenvalue weighted by atomic mass is 9.87. The Morgan fingerprint density at radius 1 is 1.26 bits per heavy atom. The van der Waals surface area contributed by atoms with Crippen molar-refractivity contribution in [3.8, 4) is 5.75 Å². The third-order valence-corrected chi connectivity index (χ3v) is 4.48. The minimum absolute atomic E-state index is 0.151. The van der Waals surface area contributed by atoms with Gasteiger partial charge in [-0.3, -0.25) is 9.69 Å². The molecule has 0 radical (unpaired) electrons. The number of aliphatic carboxylic acids is 1. The third-order valence-electron chi connectivity index (χ3n) is 4.48. The van der Waals surface area contributed by atoms with Gasteiger partial charge in [-0.15, -0.1) is 0 Å². The van der Waals surface area contributed by atoms with Crippen LogP contribution in [0, 0.1) is 0 Å². The second-order valence-electron chi connectivity index (χ2n) is 7.36. The Bertz CT molecular complexity index is 504. The van der Waals surface area contributed by atoms with Crippen LogP contribution in [0.25, 0.3) is 0 Å². The molecule has 4 heteroatoms. The topological polar surface area (TPSA) is 49.8 Å². The van der Waals surface area contributed by atoms with Crippen LogP contribution in [0.3, 0.4) is 0 Å². The number of hydrogen-bond donors (Lipinski definition) is 1. The predicted molar refractivity (Wildman–Crippen MR) is 92.1 cm³/mol. The first-order valence-electron chi connectivity index (χ1n) is 8.58. The highest BCUT2D eigenvalue weighted by Gasteiger charge is 2.27. The molecule has 1 aliphatic rings. The van der Waals surface area contributed by atoms with E-state index in [1.165, 1.54) is 5.56 Å². The molecule has 0 spiro atoms. The number of carboxylic acids is 1. The van der Waals surface area contributed by atoms with E-state index in [-0.39, 0.29) is 11.5 Å². The van der Waals surface area contributed by atoms with E-state index in [0.717, 1.165) is 44.5 Å².